The summed E-state index contributed by atoms with van der Waals surface area (Å²) in [5, 5.41) is 2.04. The molecule has 6 nitrogen and oxygen atoms in total. The van der Waals surface area contributed by atoms with Gasteiger partial charge in [-0.15, -0.1) is 0 Å². The average Bonchev–Trinajstić information content (AvgIpc) is 3.15. The molecule has 1 atom stereocenters. The van der Waals surface area contributed by atoms with E-state index < -0.39 is 59.2 Å². The first-order chi connectivity index (χ1) is 17.1. The second kappa shape index (κ2) is 9.11. The van der Waals surface area contributed by atoms with Gasteiger partial charge in [0.15, 0.2) is 0 Å². The van der Waals surface area contributed by atoms with E-state index in [1.807, 2.05) is 5.32 Å². The number of Topliss-reactive ketones (excluding diaryl/α,β-unsaturated/α-hetero) is 1. The van der Waals surface area contributed by atoms with E-state index in [0.717, 1.165) is 11.0 Å². The lowest BCUT2D eigenvalue weighted by molar-refractivity contribution is -0.151. The average molecular weight is 509 g/mol. The van der Waals surface area contributed by atoms with Gasteiger partial charge in [-0.3, -0.25) is 24.5 Å². The van der Waals surface area contributed by atoms with Gasteiger partial charge in [0.1, 0.15) is 6.02 Å². The molecule has 2 aromatic rings. The standard InChI is InChI=1S/C25H21F5N2O4/c1-13-2-6-17(18(10-13)25(28,29)30)24(26,27)20(33)8-4-14-3-5-16-15(11-14)12-32(23(16)36)19-7-9-21(34)31-22(19)35/h2-3,5-6,10-11,19H,4,7-9,12H2,1H3,(H,31,34,35)/t19-/m0/s1/i19D. The van der Waals surface area contributed by atoms with Crippen LogP contribution in [0.5, 0.6) is 0 Å². The third-order valence-corrected chi connectivity index (χ3v) is 6.21. The molecule has 2 aliphatic rings. The molecule has 0 saturated carbocycles. The maximum absolute atomic E-state index is 14.8. The zero-order valence-corrected chi connectivity index (χ0v) is 19.0. The number of halogens is 5. The highest BCUT2D eigenvalue weighted by Crippen LogP contribution is 2.41. The van der Waals surface area contributed by atoms with Gasteiger partial charge in [-0.2, -0.15) is 22.0 Å². The van der Waals surface area contributed by atoms with Crippen molar-refractivity contribution in [2.24, 2.45) is 0 Å². The number of nitrogens with one attached hydrogen (secondary N) is 1. The Morgan fingerprint density at radius 1 is 1.08 bits per heavy atom. The summed E-state index contributed by atoms with van der Waals surface area (Å²) in [6.07, 6.45) is -6.37. The van der Waals surface area contributed by atoms with Crippen LogP contribution < -0.4 is 5.32 Å². The molecule has 11 heteroatoms. The van der Waals surface area contributed by atoms with Crippen LogP contribution in [0.2, 0.25) is 0 Å². The van der Waals surface area contributed by atoms with Crippen LogP contribution in [0.15, 0.2) is 36.4 Å². The van der Waals surface area contributed by atoms with Crippen molar-refractivity contribution < 1.29 is 42.5 Å². The molecule has 0 unspecified atom stereocenters. The fourth-order valence-corrected chi connectivity index (χ4v) is 4.34. The SMILES string of the molecule is [2H][C@]1(N2Cc3cc(CCC(=O)C(F)(F)c4ccc(C)cc4C(F)(F)F)ccc3C2=O)CCC(=O)NC1=O. The lowest BCUT2D eigenvalue weighted by atomic mass is 9.93. The summed E-state index contributed by atoms with van der Waals surface area (Å²) < 4.78 is 78.1. The third-order valence-electron chi connectivity index (χ3n) is 6.21. The fourth-order valence-electron chi connectivity index (χ4n) is 4.34. The van der Waals surface area contributed by atoms with Crippen molar-refractivity contribution in [2.75, 3.05) is 0 Å². The van der Waals surface area contributed by atoms with Crippen molar-refractivity contribution in [3.8, 4) is 0 Å². The number of carbonyl (C=O) groups excluding carboxylic acids is 4. The molecule has 1 fully saturated rings. The van der Waals surface area contributed by atoms with Gasteiger partial charge in [0.25, 0.3) is 5.91 Å². The summed E-state index contributed by atoms with van der Waals surface area (Å²) >= 11 is 0. The molecule has 2 aromatic carbocycles. The number of rotatable bonds is 6. The molecule has 0 aliphatic carbocycles. The van der Waals surface area contributed by atoms with Crippen LogP contribution in [-0.2, 0) is 39.4 Å². The molecule has 0 radical (unpaired) electrons. The van der Waals surface area contributed by atoms with Gasteiger partial charge in [0.2, 0.25) is 17.6 Å². The van der Waals surface area contributed by atoms with Gasteiger partial charge < -0.3 is 4.90 Å². The third kappa shape index (κ3) is 4.74. The molecule has 4 rings (SSSR count). The van der Waals surface area contributed by atoms with Crippen molar-refractivity contribution in [1.29, 1.82) is 0 Å². The number of ketones is 1. The van der Waals surface area contributed by atoms with Crippen molar-refractivity contribution in [1.82, 2.24) is 10.2 Å². The van der Waals surface area contributed by atoms with Crippen molar-refractivity contribution in [2.45, 2.75) is 57.3 Å². The number of amides is 3. The number of aryl methyl sites for hydroxylation is 2. The maximum atomic E-state index is 14.8. The van der Waals surface area contributed by atoms with Crippen LogP contribution in [-0.4, -0.2) is 34.4 Å². The number of hydrogen-bond donors (Lipinski definition) is 1. The summed E-state index contributed by atoms with van der Waals surface area (Å²) in [7, 11) is 0. The van der Waals surface area contributed by atoms with E-state index in [0.29, 0.717) is 23.3 Å². The number of imide groups is 1. The molecule has 3 amide bonds. The van der Waals surface area contributed by atoms with E-state index in [-0.39, 0.29) is 36.9 Å². The quantitative estimate of drug-likeness (QED) is 0.470. The van der Waals surface area contributed by atoms with E-state index in [1.165, 1.54) is 25.1 Å². The Balaban J connectivity index is 1.50. The fraction of sp³-hybridized carbons (Fsp3) is 0.360. The summed E-state index contributed by atoms with van der Waals surface area (Å²) in [4.78, 5) is 49.9. The largest absolute Gasteiger partial charge is 0.416 e. The Bertz CT molecular complexity index is 1330. The van der Waals surface area contributed by atoms with Crippen molar-refractivity contribution in [3.05, 3.63) is 69.8 Å². The molecule has 0 spiro atoms. The predicted molar refractivity (Wildman–Crippen MR) is 116 cm³/mol. The molecule has 1 saturated heterocycles. The minimum Gasteiger partial charge on any atom is -0.322 e. The van der Waals surface area contributed by atoms with Crippen LogP contribution in [0, 0.1) is 6.92 Å². The van der Waals surface area contributed by atoms with Crippen LogP contribution in [0.1, 0.15) is 58.8 Å². The van der Waals surface area contributed by atoms with Crippen LogP contribution in [0.4, 0.5) is 22.0 Å². The highest BCUT2D eigenvalue weighted by molar-refractivity contribution is 6.05. The topological polar surface area (TPSA) is 83.6 Å². The number of fused-ring (bicyclic) bond motifs is 1. The Labute approximate surface area is 203 Å². The minimum atomic E-state index is -5.07. The lowest BCUT2D eigenvalue weighted by Crippen LogP contribution is -2.52. The monoisotopic (exact) mass is 509 g/mol. The van der Waals surface area contributed by atoms with Crippen LogP contribution in [0.25, 0.3) is 0 Å². The predicted octanol–water partition coefficient (Wildman–Crippen LogP) is 4.07. The van der Waals surface area contributed by atoms with Gasteiger partial charge >= 0.3 is 12.1 Å². The van der Waals surface area contributed by atoms with Gasteiger partial charge in [-0.05, 0) is 43.0 Å². The molecule has 0 aromatic heterocycles. The first-order valence-corrected chi connectivity index (χ1v) is 11.0. The second-order valence-electron chi connectivity index (χ2n) is 8.75. The van der Waals surface area contributed by atoms with Gasteiger partial charge in [-0.25, -0.2) is 0 Å². The van der Waals surface area contributed by atoms with Crippen LogP contribution in [0.3, 0.4) is 0 Å². The molecular weight excluding hydrogens is 487 g/mol. The Hall–Kier alpha value is -3.63. The van der Waals surface area contributed by atoms with E-state index in [1.54, 1.807) is 0 Å². The minimum absolute atomic E-state index is 0.117. The zero-order chi connectivity index (χ0) is 27.3. The van der Waals surface area contributed by atoms with Crippen molar-refractivity contribution in [3.63, 3.8) is 0 Å². The molecular formula is C25H21F5N2O4. The Morgan fingerprint density at radius 3 is 2.47 bits per heavy atom. The smallest absolute Gasteiger partial charge is 0.322 e. The summed E-state index contributed by atoms with van der Waals surface area (Å²) in [5.41, 5.74) is -1.90. The second-order valence-corrected chi connectivity index (χ2v) is 8.75. The van der Waals surface area contributed by atoms with E-state index in [4.69, 9.17) is 1.37 Å². The highest BCUT2D eigenvalue weighted by atomic mass is 19.4. The highest BCUT2D eigenvalue weighted by Gasteiger charge is 2.47. The number of nitrogens with zero attached hydrogens (tertiary/aromatic N) is 1. The summed E-state index contributed by atoms with van der Waals surface area (Å²) in [6.45, 7) is 1.18. The molecule has 2 aliphatic heterocycles. The zero-order valence-electron chi connectivity index (χ0n) is 20.0. The van der Waals surface area contributed by atoms with Gasteiger partial charge in [-0.1, -0.05) is 29.8 Å². The molecule has 2 heterocycles. The van der Waals surface area contributed by atoms with Gasteiger partial charge in [0, 0.05) is 30.5 Å². The molecule has 0 bridgehead atoms. The van der Waals surface area contributed by atoms with Crippen molar-refractivity contribution >= 4 is 23.5 Å². The van der Waals surface area contributed by atoms with E-state index >= 15 is 0 Å². The first-order valence-electron chi connectivity index (χ1n) is 11.5. The number of piperidine rings is 1. The van der Waals surface area contributed by atoms with E-state index in [2.05, 4.69) is 0 Å². The number of alkyl halides is 5. The number of carbonyl (C=O) groups is 4. The number of benzene rings is 2. The Kier molecular flexibility index (Phi) is 6.09. The van der Waals surface area contributed by atoms with E-state index in [9.17, 15) is 41.1 Å². The first kappa shape index (κ1) is 24.1. The molecule has 36 heavy (non-hydrogen) atoms. The van der Waals surface area contributed by atoms with Gasteiger partial charge in [0.05, 0.1) is 6.93 Å². The Morgan fingerprint density at radius 2 is 1.81 bits per heavy atom. The summed E-state index contributed by atoms with van der Waals surface area (Å²) in [5.74, 6) is -8.14. The molecule has 1 N–H and O–H groups in total. The normalized spacial score (nSPS) is 20.8. The summed E-state index contributed by atoms with van der Waals surface area (Å²) in [6, 6.07) is 4.54. The maximum Gasteiger partial charge on any atom is 0.416 e. The lowest BCUT2D eigenvalue weighted by Gasteiger charge is -2.29. The molecule has 190 valence electrons. The van der Waals surface area contributed by atoms with Crippen LogP contribution >= 0.6 is 0 Å². The number of hydrogen-bond acceptors (Lipinski definition) is 4.